The van der Waals surface area contributed by atoms with Gasteiger partial charge < -0.3 is 15.9 Å². The van der Waals surface area contributed by atoms with Crippen molar-refractivity contribution >= 4 is 26.5 Å². The Morgan fingerprint density at radius 1 is 1.58 bits per heavy atom. The molecule has 0 saturated heterocycles. The zero-order chi connectivity index (χ0) is 13.8. The second kappa shape index (κ2) is 6.12. The van der Waals surface area contributed by atoms with Crippen LogP contribution in [0.1, 0.15) is 12.0 Å². The molecule has 0 aliphatic carbocycles. The van der Waals surface area contributed by atoms with Gasteiger partial charge in [-0.1, -0.05) is 17.3 Å². The van der Waals surface area contributed by atoms with Gasteiger partial charge >= 0.3 is 0 Å². The lowest BCUT2D eigenvalue weighted by Gasteiger charge is -2.16. The summed E-state index contributed by atoms with van der Waals surface area (Å²) >= 11 is 3.18. The molecule has 0 aromatic heterocycles. The van der Waals surface area contributed by atoms with E-state index in [1.807, 2.05) is 0 Å². The van der Waals surface area contributed by atoms with Crippen LogP contribution in [0.4, 0.5) is 4.39 Å². The molecule has 0 bridgehead atoms. The van der Waals surface area contributed by atoms with Crippen molar-refractivity contribution in [3.05, 3.63) is 35.6 Å². The number of hydrogen-bond acceptors (Lipinski definition) is 4. The topological polar surface area (TPSA) is 76.7 Å². The van der Waals surface area contributed by atoms with Gasteiger partial charge in [-0.25, -0.2) is 4.39 Å². The minimum absolute atomic E-state index is 0.293. The molecule has 2 rings (SSSR count). The van der Waals surface area contributed by atoms with E-state index in [1.54, 1.807) is 12.1 Å². The van der Waals surface area contributed by atoms with E-state index >= 15 is 0 Å². The zero-order valence-electron chi connectivity index (χ0n) is 9.98. The first-order chi connectivity index (χ1) is 9.06. The van der Waals surface area contributed by atoms with Crippen LogP contribution < -0.4 is 11.1 Å². The SMILES string of the molecule is N[C@H](C(=O)NCc1ccc(F)cc1)[C@@H]1CC(Br)=NO1. The third kappa shape index (κ3) is 3.74. The van der Waals surface area contributed by atoms with E-state index in [1.165, 1.54) is 12.1 Å². The van der Waals surface area contributed by atoms with Gasteiger partial charge in [0.05, 0.1) is 0 Å². The fourth-order valence-corrected chi connectivity index (χ4v) is 2.04. The van der Waals surface area contributed by atoms with Gasteiger partial charge in [-0.2, -0.15) is 0 Å². The Morgan fingerprint density at radius 2 is 2.26 bits per heavy atom. The van der Waals surface area contributed by atoms with Crippen molar-refractivity contribution in [1.29, 1.82) is 0 Å². The molecule has 2 atom stereocenters. The number of oxime groups is 1. The third-order valence-electron chi connectivity index (χ3n) is 2.74. The monoisotopic (exact) mass is 329 g/mol. The summed E-state index contributed by atoms with van der Waals surface area (Å²) in [7, 11) is 0. The molecule has 1 aliphatic rings. The molecule has 1 aromatic carbocycles. The van der Waals surface area contributed by atoms with Crippen LogP contribution in [0.15, 0.2) is 29.4 Å². The number of nitrogens with two attached hydrogens (primary N) is 1. The maximum Gasteiger partial charge on any atom is 0.241 e. The number of amides is 1. The molecule has 0 unspecified atom stereocenters. The molecule has 1 aromatic rings. The third-order valence-corrected chi connectivity index (χ3v) is 3.21. The highest BCUT2D eigenvalue weighted by Crippen LogP contribution is 2.16. The standard InChI is InChI=1S/C12H13BrFN3O2/c13-10-5-9(19-17-10)11(15)12(18)16-6-7-1-3-8(14)4-2-7/h1-4,9,11H,5-6,15H2,(H,16,18)/t9-,11-/m0/s1. The van der Waals surface area contributed by atoms with E-state index < -0.39 is 12.1 Å². The molecule has 1 heterocycles. The molecule has 0 saturated carbocycles. The second-order valence-electron chi connectivity index (χ2n) is 4.19. The summed E-state index contributed by atoms with van der Waals surface area (Å²) in [4.78, 5) is 16.8. The Kier molecular flexibility index (Phi) is 4.49. The Hall–Kier alpha value is -1.47. The van der Waals surface area contributed by atoms with E-state index in [0.717, 1.165) is 5.56 Å². The first kappa shape index (κ1) is 14.0. The highest BCUT2D eigenvalue weighted by molar-refractivity contribution is 9.18. The van der Waals surface area contributed by atoms with Crippen molar-refractivity contribution in [1.82, 2.24) is 5.32 Å². The summed E-state index contributed by atoms with van der Waals surface area (Å²) in [5, 5.41) is 6.36. The number of nitrogens with one attached hydrogen (secondary N) is 1. The van der Waals surface area contributed by atoms with E-state index in [-0.39, 0.29) is 11.7 Å². The first-order valence-corrected chi connectivity index (χ1v) is 6.51. The molecule has 0 fully saturated rings. The molecule has 5 nitrogen and oxygen atoms in total. The molecular weight excluding hydrogens is 317 g/mol. The maximum absolute atomic E-state index is 12.7. The minimum atomic E-state index is -0.792. The number of benzene rings is 1. The fraction of sp³-hybridized carbons (Fsp3) is 0.333. The fourth-order valence-electron chi connectivity index (χ4n) is 1.64. The van der Waals surface area contributed by atoms with Crippen molar-refractivity contribution in [2.75, 3.05) is 0 Å². The van der Waals surface area contributed by atoms with Crippen LogP contribution in [0.3, 0.4) is 0 Å². The molecule has 7 heteroatoms. The number of rotatable bonds is 4. The Morgan fingerprint density at radius 3 is 2.84 bits per heavy atom. The van der Waals surface area contributed by atoms with E-state index in [9.17, 15) is 9.18 Å². The Balaban J connectivity index is 1.82. The molecule has 1 aliphatic heterocycles. The lowest BCUT2D eigenvalue weighted by atomic mass is 10.1. The smallest absolute Gasteiger partial charge is 0.241 e. The van der Waals surface area contributed by atoms with Crippen LogP contribution in [0.25, 0.3) is 0 Å². The zero-order valence-corrected chi connectivity index (χ0v) is 11.6. The van der Waals surface area contributed by atoms with Gasteiger partial charge in [-0.05, 0) is 33.6 Å². The second-order valence-corrected chi connectivity index (χ2v) is 5.10. The summed E-state index contributed by atoms with van der Waals surface area (Å²) in [6, 6.07) is 5.10. The molecule has 0 radical (unpaired) electrons. The average Bonchev–Trinajstić information content (AvgIpc) is 2.83. The van der Waals surface area contributed by atoms with Crippen LogP contribution in [0.5, 0.6) is 0 Å². The van der Waals surface area contributed by atoms with E-state index in [0.29, 0.717) is 17.6 Å². The summed E-state index contributed by atoms with van der Waals surface area (Å²) in [5.41, 5.74) is 6.58. The minimum Gasteiger partial charge on any atom is -0.389 e. The summed E-state index contributed by atoms with van der Waals surface area (Å²) < 4.78 is 13.4. The first-order valence-electron chi connectivity index (χ1n) is 5.72. The lowest BCUT2D eigenvalue weighted by molar-refractivity contribution is -0.125. The highest BCUT2D eigenvalue weighted by Gasteiger charge is 2.30. The van der Waals surface area contributed by atoms with Gasteiger partial charge in [0.2, 0.25) is 5.91 Å². The van der Waals surface area contributed by atoms with Crippen LogP contribution in [-0.2, 0) is 16.2 Å². The van der Waals surface area contributed by atoms with Gasteiger partial charge in [0.15, 0.2) is 6.10 Å². The quantitative estimate of drug-likeness (QED) is 0.873. The number of nitrogens with zero attached hydrogens (tertiary/aromatic N) is 1. The number of halogens is 2. The van der Waals surface area contributed by atoms with Crippen LogP contribution in [0, 0.1) is 5.82 Å². The summed E-state index contributed by atoms with van der Waals surface area (Å²) in [5.74, 6) is -0.639. The Bertz CT molecular complexity index is 492. The number of carbonyl (C=O) groups is 1. The largest absolute Gasteiger partial charge is 0.389 e. The molecule has 0 spiro atoms. The van der Waals surface area contributed by atoms with Gasteiger partial charge in [0.25, 0.3) is 0 Å². The predicted molar refractivity (Wildman–Crippen MR) is 72.1 cm³/mol. The van der Waals surface area contributed by atoms with Crippen LogP contribution in [-0.4, -0.2) is 22.7 Å². The molecule has 102 valence electrons. The van der Waals surface area contributed by atoms with Crippen molar-refractivity contribution in [2.24, 2.45) is 10.9 Å². The lowest BCUT2D eigenvalue weighted by Crippen LogP contribution is -2.48. The van der Waals surface area contributed by atoms with E-state index in [2.05, 4.69) is 26.4 Å². The normalized spacial score (nSPS) is 19.5. The van der Waals surface area contributed by atoms with Crippen molar-refractivity contribution < 1.29 is 14.0 Å². The number of carbonyl (C=O) groups excluding carboxylic acids is 1. The van der Waals surface area contributed by atoms with Crippen LogP contribution in [0.2, 0.25) is 0 Å². The number of hydrogen-bond donors (Lipinski definition) is 2. The highest BCUT2D eigenvalue weighted by atomic mass is 79.9. The molecule has 19 heavy (non-hydrogen) atoms. The summed E-state index contributed by atoms with van der Waals surface area (Å²) in [6.07, 6.45) is 0.0214. The van der Waals surface area contributed by atoms with Crippen molar-refractivity contribution in [3.63, 3.8) is 0 Å². The van der Waals surface area contributed by atoms with Crippen molar-refractivity contribution in [3.8, 4) is 0 Å². The summed E-state index contributed by atoms with van der Waals surface area (Å²) in [6.45, 7) is 0.293. The van der Waals surface area contributed by atoms with Gasteiger partial charge in [-0.3, -0.25) is 4.79 Å². The predicted octanol–water partition coefficient (Wildman–Crippen LogP) is 1.27. The van der Waals surface area contributed by atoms with Gasteiger partial charge in [0.1, 0.15) is 16.5 Å². The van der Waals surface area contributed by atoms with E-state index in [4.69, 9.17) is 10.6 Å². The van der Waals surface area contributed by atoms with Crippen molar-refractivity contribution in [2.45, 2.75) is 25.1 Å². The molecular formula is C12H13BrFN3O2. The molecule has 3 N–H and O–H groups in total. The van der Waals surface area contributed by atoms with Gasteiger partial charge in [-0.15, -0.1) is 0 Å². The maximum atomic E-state index is 12.7. The molecule has 1 amide bonds. The Labute approximate surface area is 118 Å². The van der Waals surface area contributed by atoms with Crippen LogP contribution >= 0.6 is 15.9 Å². The average molecular weight is 330 g/mol. The van der Waals surface area contributed by atoms with Gasteiger partial charge in [0, 0.05) is 13.0 Å².